The van der Waals surface area contributed by atoms with Crippen LogP contribution in [0.1, 0.15) is 31.1 Å². The molecule has 5 heteroatoms. The van der Waals surface area contributed by atoms with Crippen molar-refractivity contribution in [1.29, 1.82) is 5.26 Å². The Morgan fingerprint density at radius 1 is 1.42 bits per heavy atom. The summed E-state index contributed by atoms with van der Waals surface area (Å²) in [5.41, 5.74) is 2.59. The Kier molecular flexibility index (Phi) is 4.23. The summed E-state index contributed by atoms with van der Waals surface area (Å²) in [5, 5.41) is 16.6. The summed E-state index contributed by atoms with van der Waals surface area (Å²) >= 11 is 3.45. The third-order valence-electron chi connectivity index (χ3n) is 2.75. The molecule has 0 radical (unpaired) electrons. The van der Waals surface area contributed by atoms with Crippen molar-refractivity contribution >= 4 is 21.6 Å². The summed E-state index contributed by atoms with van der Waals surface area (Å²) in [5.74, 6) is 0. The number of aromatic nitrogens is 2. The Bertz CT molecular complexity index is 610. The highest BCUT2D eigenvalue weighted by Crippen LogP contribution is 2.23. The zero-order valence-electron chi connectivity index (χ0n) is 10.9. The number of anilines is 1. The van der Waals surface area contributed by atoms with Gasteiger partial charge < -0.3 is 5.32 Å². The molecule has 1 heterocycles. The molecule has 1 aromatic carbocycles. The van der Waals surface area contributed by atoms with Gasteiger partial charge in [0.1, 0.15) is 0 Å². The Morgan fingerprint density at radius 2 is 2.21 bits per heavy atom. The molecule has 0 atom stereocenters. The van der Waals surface area contributed by atoms with Crippen LogP contribution < -0.4 is 5.32 Å². The van der Waals surface area contributed by atoms with E-state index in [1.54, 1.807) is 12.1 Å². The maximum atomic E-state index is 8.81. The van der Waals surface area contributed by atoms with Gasteiger partial charge in [-0.2, -0.15) is 10.4 Å². The van der Waals surface area contributed by atoms with Crippen molar-refractivity contribution in [2.45, 2.75) is 26.4 Å². The van der Waals surface area contributed by atoms with Gasteiger partial charge in [-0.3, -0.25) is 4.68 Å². The summed E-state index contributed by atoms with van der Waals surface area (Å²) in [6, 6.07) is 9.97. The minimum Gasteiger partial charge on any atom is -0.378 e. The van der Waals surface area contributed by atoms with Crippen molar-refractivity contribution in [2.75, 3.05) is 5.32 Å². The number of nitriles is 1. The Hall–Kier alpha value is -1.80. The molecule has 0 aliphatic heterocycles. The second kappa shape index (κ2) is 5.89. The van der Waals surface area contributed by atoms with Gasteiger partial charge in [-0.15, -0.1) is 0 Å². The van der Waals surface area contributed by atoms with E-state index in [4.69, 9.17) is 5.26 Å². The molecule has 0 unspecified atom stereocenters. The minimum atomic E-state index is 0.371. The van der Waals surface area contributed by atoms with Gasteiger partial charge in [0.15, 0.2) is 0 Å². The van der Waals surface area contributed by atoms with Crippen molar-refractivity contribution in [3.63, 3.8) is 0 Å². The third-order valence-corrected chi connectivity index (χ3v) is 3.41. The molecule has 1 aromatic heterocycles. The lowest BCUT2D eigenvalue weighted by Crippen LogP contribution is -2.05. The molecular formula is C14H15BrN4. The molecule has 0 fully saturated rings. The summed E-state index contributed by atoms with van der Waals surface area (Å²) in [6.45, 7) is 4.85. The van der Waals surface area contributed by atoms with E-state index in [1.807, 2.05) is 23.0 Å². The smallest absolute Gasteiger partial charge is 0.0992 e. The van der Waals surface area contributed by atoms with E-state index in [2.05, 4.69) is 46.3 Å². The Morgan fingerprint density at radius 3 is 2.79 bits per heavy atom. The van der Waals surface area contributed by atoms with Crippen molar-refractivity contribution < 1.29 is 0 Å². The lowest BCUT2D eigenvalue weighted by Gasteiger charge is -2.07. The molecule has 0 amide bonds. The number of nitrogens with one attached hydrogen (secondary N) is 1. The first-order valence-electron chi connectivity index (χ1n) is 6.07. The predicted octanol–water partition coefficient (Wildman–Crippen LogP) is 3.71. The molecule has 2 aromatic rings. The molecule has 98 valence electrons. The summed E-state index contributed by atoms with van der Waals surface area (Å²) in [7, 11) is 0. The summed E-state index contributed by atoms with van der Waals surface area (Å²) in [4.78, 5) is 0. The van der Waals surface area contributed by atoms with Crippen LogP contribution in [-0.2, 0) is 6.54 Å². The van der Waals surface area contributed by atoms with E-state index in [-0.39, 0.29) is 0 Å². The Balaban J connectivity index is 2.04. The number of benzene rings is 1. The fraction of sp³-hybridized carbons (Fsp3) is 0.286. The zero-order chi connectivity index (χ0) is 13.8. The first-order chi connectivity index (χ1) is 9.10. The molecule has 0 aliphatic carbocycles. The molecular weight excluding hydrogens is 304 g/mol. The van der Waals surface area contributed by atoms with Crippen molar-refractivity contribution in [3.05, 3.63) is 46.2 Å². The van der Waals surface area contributed by atoms with E-state index < -0.39 is 0 Å². The first-order valence-corrected chi connectivity index (χ1v) is 6.87. The van der Waals surface area contributed by atoms with Crippen LogP contribution in [0.25, 0.3) is 0 Å². The van der Waals surface area contributed by atoms with Crippen LogP contribution in [0.2, 0.25) is 0 Å². The molecule has 2 rings (SSSR count). The number of halogens is 1. The maximum absolute atomic E-state index is 8.81. The standard InChI is InChI=1S/C14H15BrN4/c1-10(2)19-6-5-12(18-19)9-17-14-4-3-11(8-16)7-13(14)15/h3-7,10,17H,9H2,1-2H3. The van der Waals surface area contributed by atoms with Crippen LogP contribution in [0.5, 0.6) is 0 Å². The average molecular weight is 319 g/mol. The third kappa shape index (κ3) is 3.36. The van der Waals surface area contributed by atoms with Gasteiger partial charge in [-0.1, -0.05) is 0 Å². The van der Waals surface area contributed by atoms with Crippen molar-refractivity contribution in [1.82, 2.24) is 9.78 Å². The van der Waals surface area contributed by atoms with Gasteiger partial charge in [0.2, 0.25) is 0 Å². The molecule has 0 saturated heterocycles. The van der Waals surface area contributed by atoms with E-state index in [0.717, 1.165) is 15.9 Å². The fourth-order valence-electron chi connectivity index (χ4n) is 1.67. The molecule has 0 aliphatic rings. The molecule has 1 N–H and O–H groups in total. The monoisotopic (exact) mass is 318 g/mol. The highest BCUT2D eigenvalue weighted by molar-refractivity contribution is 9.10. The highest BCUT2D eigenvalue weighted by atomic mass is 79.9. The highest BCUT2D eigenvalue weighted by Gasteiger charge is 2.04. The van der Waals surface area contributed by atoms with Crippen molar-refractivity contribution in [3.8, 4) is 6.07 Å². The summed E-state index contributed by atoms with van der Waals surface area (Å²) in [6.07, 6.45) is 1.98. The van der Waals surface area contributed by atoms with Gasteiger partial charge in [-0.25, -0.2) is 0 Å². The maximum Gasteiger partial charge on any atom is 0.0992 e. The minimum absolute atomic E-state index is 0.371. The van der Waals surface area contributed by atoms with Gasteiger partial charge in [-0.05, 0) is 54.0 Å². The van der Waals surface area contributed by atoms with E-state index in [0.29, 0.717) is 18.2 Å². The lowest BCUT2D eigenvalue weighted by molar-refractivity contribution is 0.527. The van der Waals surface area contributed by atoms with Crippen LogP contribution in [0, 0.1) is 11.3 Å². The van der Waals surface area contributed by atoms with E-state index in [1.165, 1.54) is 0 Å². The van der Waals surface area contributed by atoms with Crippen molar-refractivity contribution in [2.24, 2.45) is 0 Å². The van der Waals surface area contributed by atoms with Crippen LogP contribution >= 0.6 is 15.9 Å². The second-order valence-corrected chi connectivity index (χ2v) is 5.40. The van der Waals surface area contributed by atoms with Crippen LogP contribution in [0.15, 0.2) is 34.9 Å². The van der Waals surface area contributed by atoms with Gasteiger partial charge in [0.25, 0.3) is 0 Å². The van der Waals surface area contributed by atoms with Crippen LogP contribution in [0.3, 0.4) is 0 Å². The van der Waals surface area contributed by atoms with E-state index >= 15 is 0 Å². The van der Waals surface area contributed by atoms with Gasteiger partial charge >= 0.3 is 0 Å². The second-order valence-electron chi connectivity index (χ2n) is 4.54. The molecule has 19 heavy (non-hydrogen) atoms. The number of nitrogens with zero attached hydrogens (tertiary/aromatic N) is 3. The zero-order valence-corrected chi connectivity index (χ0v) is 12.5. The Labute approximate surface area is 121 Å². The number of rotatable bonds is 4. The van der Waals surface area contributed by atoms with Gasteiger partial charge in [0.05, 0.1) is 23.9 Å². The molecule has 4 nitrogen and oxygen atoms in total. The number of hydrogen-bond donors (Lipinski definition) is 1. The quantitative estimate of drug-likeness (QED) is 0.934. The number of hydrogen-bond acceptors (Lipinski definition) is 3. The first kappa shape index (κ1) is 13.6. The van der Waals surface area contributed by atoms with E-state index in [9.17, 15) is 0 Å². The van der Waals surface area contributed by atoms with Gasteiger partial charge in [0, 0.05) is 22.4 Å². The topological polar surface area (TPSA) is 53.6 Å². The lowest BCUT2D eigenvalue weighted by atomic mass is 10.2. The summed E-state index contributed by atoms with van der Waals surface area (Å²) < 4.78 is 2.82. The molecule has 0 saturated carbocycles. The SMILES string of the molecule is CC(C)n1ccc(CNc2ccc(C#N)cc2Br)n1. The normalized spacial score (nSPS) is 10.5. The fourth-order valence-corrected chi connectivity index (χ4v) is 2.19. The predicted molar refractivity (Wildman–Crippen MR) is 78.8 cm³/mol. The van der Waals surface area contributed by atoms with Crippen LogP contribution in [-0.4, -0.2) is 9.78 Å². The molecule has 0 bridgehead atoms. The largest absolute Gasteiger partial charge is 0.378 e. The average Bonchev–Trinajstić information content (AvgIpc) is 2.86. The van der Waals surface area contributed by atoms with Crippen LogP contribution in [0.4, 0.5) is 5.69 Å². The molecule has 0 spiro atoms.